The molecule has 16 heteroatoms. The van der Waals surface area contributed by atoms with Gasteiger partial charge in [0.05, 0.1) is 5.57 Å². The fourth-order valence-electron chi connectivity index (χ4n) is 2.10. The maximum atomic E-state index is 13.1. The van der Waals surface area contributed by atoms with Crippen molar-refractivity contribution >= 4 is 0 Å². The molecule has 0 fully saturated rings. The molecule has 148 valence electrons. The third kappa shape index (κ3) is 2.23. The van der Waals surface area contributed by atoms with Crippen LogP contribution in [0, 0.1) is 5.41 Å². The summed E-state index contributed by atoms with van der Waals surface area (Å²) in [4.78, 5) is 0. The van der Waals surface area contributed by atoms with Crippen LogP contribution in [0.3, 0.4) is 0 Å². The summed E-state index contributed by atoms with van der Waals surface area (Å²) in [6, 6.07) is 0. The summed E-state index contributed by atoms with van der Waals surface area (Å²) in [6.45, 7) is 0. The minimum Gasteiger partial charge on any atom is -0.205 e. The van der Waals surface area contributed by atoms with Crippen LogP contribution in [0.5, 0.6) is 0 Å². The molecule has 0 saturated heterocycles. The summed E-state index contributed by atoms with van der Waals surface area (Å²) >= 11 is 0. The van der Waals surface area contributed by atoms with E-state index in [1.165, 1.54) is 0 Å². The highest BCUT2D eigenvalue weighted by Gasteiger charge is 2.96. The van der Waals surface area contributed by atoms with E-state index in [0.29, 0.717) is 0 Å². The van der Waals surface area contributed by atoms with Gasteiger partial charge >= 0.3 is 36.3 Å². The average Bonchev–Trinajstić information content (AvgIpc) is 2.29. The van der Waals surface area contributed by atoms with E-state index in [1.54, 1.807) is 0 Å². The first-order valence-electron chi connectivity index (χ1n) is 5.27. The summed E-state index contributed by atoms with van der Waals surface area (Å²) in [7, 11) is 0. The number of rotatable bonds is 2. The molecule has 0 amide bonds. The third-order valence-corrected chi connectivity index (χ3v) is 3.26. The fourth-order valence-corrected chi connectivity index (χ4v) is 2.10. The van der Waals surface area contributed by atoms with Crippen LogP contribution in [0.25, 0.3) is 0 Å². The second-order valence-corrected chi connectivity index (χ2v) is 4.66. The van der Waals surface area contributed by atoms with Gasteiger partial charge < -0.3 is 0 Å². The molecule has 1 rings (SSSR count). The summed E-state index contributed by atoms with van der Waals surface area (Å²) in [5.41, 5.74) is -12.7. The van der Waals surface area contributed by atoms with Crippen LogP contribution < -0.4 is 0 Å². The molecule has 0 atom stereocenters. The Bertz CT molecular complexity index is 566. The van der Waals surface area contributed by atoms with Gasteiger partial charge in [0.25, 0.3) is 5.41 Å². The number of halogens is 16. The maximum Gasteiger partial charge on any atom is 0.455 e. The van der Waals surface area contributed by atoms with Crippen LogP contribution in [0.2, 0.25) is 0 Å². The quantitative estimate of drug-likeness (QED) is 0.503. The predicted molar refractivity (Wildman–Crippen MR) is 43.6 cm³/mol. The maximum absolute atomic E-state index is 13.1. The Morgan fingerprint density at radius 3 is 1.04 bits per heavy atom. The van der Waals surface area contributed by atoms with E-state index in [9.17, 15) is 70.2 Å². The SMILES string of the molecule is FC1=C(C(C(F)(F)F)(C(F)(F)F)C(F)(F)C(F)(F)F)C(F)(F)C1(F)F. The van der Waals surface area contributed by atoms with E-state index >= 15 is 0 Å². The lowest BCUT2D eigenvalue weighted by Crippen LogP contribution is -2.73. The molecule has 0 heterocycles. The predicted octanol–water partition coefficient (Wildman–Crippen LogP) is 5.80. The largest absolute Gasteiger partial charge is 0.455 e. The highest BCUT2D eigenvalue weighted by molar-refractivity contribution is 5.48. The van der Waals surface area contributed by atoms with Crippen molar-refractivity contribution in [3.8, 4) is 0 Å². The van der Waals surface area contributed by atoms with Crippen LogP contribution in [0.15, 0.2) is 11.4 Å². The van der Waals surface area contributed by atoms with Gasteiger partial charge in [-0.3, -0.25) is 0 Å². The van der Waals surface area contributed by atoms with Crippen LogP contribution >= 0.6 is 0 Å². The highest BCUT2D eigenvalue weighted by atomic mass is 19.4. The first-order chi connectivity index (χ1) is 10.5. The van der Waals surface area contributed by atoms with Crippen molar-refractivity contribution < 1.29 is 70.2 Å². The van der Waals surface area contributed by atoms with Crippen molar-refractivity contribution in [3.05, 3.63) is 11.4 Å². The van der Waals surface area contributed by atoms with E-state index in [-0.39, 0.29) is 0 Å². The number of alkyl halides is 15. The minimum atomic E-state index is -8.16. The van der Waals surface area contributed by atoms with Gasteiger partial charge in [-0.1, -0.05) is 0 Å². The van der Waals surface area contributed by atoms with Crippen LogP contribution in [0.1, 0.15) is 0 Å². The Kier molecular flexibility index (Phi) is 4.22. The van der Waals surface area contributed by atoms with Crippen molar-refractivity contribution in [1.82, 2.24) is 0 Å². The summed E-state index contributed by atoms with van der Waals surface area (Å²) in [5, 5.41) is 0. The molecule has 25 heavy (non-hydrogen) atoms. The Morgan fingerprint density at radius 1 is 0.520 bits per heavy atom. The first kappa shape index (κ1) is 21.7. The molecule has 0 aromatic heterocycles. The molecule has 0 saturated carbocycles. The van der Waals surface area contributed by atoms with E-state index in [2.05, 4.69) is 0 Å². The molecule has 0 bridgehead atoms. The Morgan fingerprint density at radius 2 is 0.840 bits per heavy atom. The normalized spacial score (nSPS) is 22.1. The van der Waals surface area contributed by atoms with Gasteiger partial charge in [0.15, 0.2) is 5.83 Å². The minimum absolute atomic E-state index is 4.38. The first-order valence-corrected chi connectivity index (χ1v) is 5.27. The van der Waals surface area contributed by atoms with Gasteiger partial charge in [-0.2, -0.15) is 65.9 Å². The van der Waals surface area contributed by atoms with E-state index in [1.807, 2.05) is 0 Å². The Hall–Kier alpha value is -1.38. The standard InChI is InChI=1S/C9F16/c10-2-1(4(11,12)5(2,13)14)3(7(17,18)19,8(20,21)22)6(15,16)9(23,24)25. The molecule has 0 radical (unpaired) electrons. The van der Waals surface area contributed by atoms with Crippen LogP contribution in [0.4, 0.5) is 70.2 Å². The molecule has 0 aromatic carbocycles. The van der Waals surface area contributed by atoms with Crippen molar-refractivity contribution in [2.24, 2.45) is 5.41 Å². The van der Waals surface area contributed by atoms with E-state index in [4.69, 9.17) is 0 Å². The third-order valence-electron chi connectivity index (χ3n) is 3.26. The zero-order valence-corrected chi connectivity index (χ0v) is 10.5. The summed E-state index contributed by atoms with van der Waals surface area (Å²) in [6.07, 6.45) is -23.8. The smallest absolute Gasteiger partial charge is 0.205 e. The Balaban J connectivity index is 4.16. The van der Waals surface area contributed by atoms with Crippen LogP contribution in [-0.4, -0.2) is 36.3 Å². The summed E-state index contributed by atoms with van der Waals surface area (Å²) < 4.78 is 202. The van der Waals surface area contributed by atoms with Crippen molar-refractivity contribution in [1.29, 1.82) is 0 Å². The van der Waals surface area contributed by atoms with E-state index in [0.717, 1.165) is 0 Å². The monoisotopic (exact) mass is 412 g/mol. The zero-order chi connectivity index (χ0) is 20.7. The lowest BCUT2D eigenvalue weighted by Gasteiger charge is -2.50. The highest BCUT2D eigenvalue weighted by Crippen LogP contribution is 2.74. The average molecular weight is 412 g/mol. The van der Waals surface area contributed by atoms with Gasteiger partial charge in [-0.05, 0) is 0 Å². The molecular formula is C9F16. The molecule has 0 unspecified atom stereocenters. The van der Waals surface area contributed by atoms with Gasteiger partial charge in [-0.15, -0.1) is 0 Å². The lowest BCUT2D eigenvalue weighted by molar-refractivity contribution is -0.445. The number of allylic oxidation sites excluding steroid dienone is 2. The molecule has 1 aliphatic rings. The number of hydrogen-bond acceptors (Lipinski definition) is 0. The lowest BCUT2D eigenvalue weighted by atomic mass is 9.63. The van der Waals surface area contributed by atoms with Crippen molar-refractivity contribution in [2.75, 3.05) is 0 Å². The molecule has 0 N–H and O–H groups in total. The summed E-state index contributed by atoms with van der Waals surface area (Å²) in [5.74, 6) is -25.9. The van der Waals surface area contributed by atoms with Gasteiger partial charge in [-0.25, -0.2) is 4.39 Å². The van der Waals surface area contributed by atoms with Crippen molar-refractivity contribution in [2.45, 2.75) is 36.3 Å². The molecule has 0 nitrogen and oxygen atoms in total. The van der Waals surface area contributed by atoms with Gasteiger partial charge in [0, 0.05) is 0 Å². The van der Waals surface area contributed by atoms with Crippen LogP contribution in [-0.2, 0) is 0 Å². The molecule has 0 spiro atoms. The second-order valence-electron chi connectivity index (χ2n) is 4.66. The number of hydrogen-bond donors (Lipinski definition) is 0. The molecular weight excluding hydrogens is 412 g/mol. The molecule has 0 aliphatic heterocycles. The molecule has 0 aromatic rings. The van der Waals surface area contributed by atoms with Gasteiger partial charge in [0.2, 0.25) is 0 Å². The van der Waals surface area contributed by atoms with E-state index < -0.39 is 53.1 Å². The fraction of sp³-hybridized carbons (Fsp3) is 0.778. The topological polar surface area (TPSA) is 0 Å². The van der Waals surface area contributed by atoms with Crippen molar-refractivity contribution in [3.63, 3.8) is 0 Å². The Labute approximate surface area is 125 Å². The van der Waals surface area contributed by atoms with Gasteiger partial charge in [0.1, 0.15) is 0 Å². The molecule has 1 aliphatic carbocycles. The zero-order valence-electron chi connectivity index (χ0n) is 10.5. The second kappa shape index (κ2) is 4.86.